The largest absolute Gasteiger partial charge is 0.372 e. The normalized spacial score (nSPS) is 23.2. The number of carbonyl (C=O) groups excluding carboxylic acids is 3. The average molecular weight is 344 g/mol. The number of benzene rings is 1. The topological polar surface area (TPSA) is 66.9 Å². The molecule has 0 bridgehead atoms. The summed E-state index contributed by atoms with van der Waals surface area (Å²) in [6, 6.07) is 4.80. The molecule has 1 aromatic rings. The molecule has 0 spiro atoms. The van der Waals surface area contributed by atoms with E-state index in [0.29, 0.717) is 36.3 Å². The fraction of sp³-hybridized carbons (Fsp3) is 0.526. The molecule has 0 aliphatic carbocycles. The second-order valence-corrected chi connectivity index (χ2v) is 6.84. The zero-order valence-corrected chi connectivity index (χ0v) is 14.9. The lowest BCUT2D eigenvalue weighted by molar-refractivity contribution is -0.0586. The average Bonchev–Trinajstić information content (AvgIpc) is 2.82. The van der Waals surface area contributed by atoms with Crippen molar-refractivity contribution < 1.29 is 19.1 Å². The highest BCUT2D eigenvalue weighted by Crippen LogP contribution is 2.25. The molecule has 2 heterocycles. The molecule has 2 aliphatic rings. The van der Waals surface area contributed by atoms with Crippen LogP contribution >= 0.6 is 0 Å². The summed E-state index contributed by atoms with van der Waals surface area (Å²) in [4.78, 5) is 40.7. The van der Waals surface area contributed by atoms with Gasteiger partial charge in [-0.3, -0.25) is 19.3 Å². The van der Waals surface area contributed by atoms with Crippen LogP contribution in [0, 0.1) is 0 Å². The highest BCUT2D eigenvalue weighted by Gasteiger charge is 2.36. The first kappa shape index (κ1) is 17.6. The number of nitrogens with zero attached hydrogens (tertiary/aromatic N) is 2. The lowest BCUT2D eigenvalue weighted by Gasteiger charge is -2.35. The van der Waals surface area contributed by atoms with Gasteiger partial charge in [-0.2, -0.15) is 0 Å². The Labute approximate surface area is 147 Å². The van der Waals surface area contributed by atoms with E-state index in [2.05, 4.69) is 0 Å². The summed E-state index contributed by atoms with van der Waals surface area (Å²) in [6.45, 7) is 7.36. The molecule has 3 rings (SSSR count). The molecular formula is C19H24N2O4. The minimum Gasteiger partial charge on any atom is -0.372 e. The summed E-state index contributed by atoms with van der Waals surface area (Å²) < 4.78 is 5.66. The third kappa shape index (κ3) is 3.31. The summed E-state index contributed by atoms with van der Waals surface area (Å²) >= 11 is 0. The first-order valence-electron chi connectivity index (χ1n) is 8.87. The number of morpholine rings is 1. The van der Waals surface area contributed by atoms with E-state index in [1.807, 2.05) is 20.8 Å². The van der Waals surface area contributed by atoms with Crippen LogP contribution in [-0.4, -0.2) is 59.4 Å². The maximum absolute atomic E-state index is 12.8. The second-order valence-electron chi connectivity index (χ2n) is 6.84. The number of hydrogen-bond acceptors (Lipinski definition) is 4. The molecule has 6 heteroatoms. The minimum atomic E-state index is -0.299. The number of imide groups is 1. The van der Waals surface area contributed by atoms with Gasteiger partial charge in [-0.05, 0) is 38.5 Å². The maximum Gasteiger partial charge on any atom is 0.261 e. The van der Waals surface area contributed by atoms with Crippen LogP contribution in [0.15, 0.2) is 18.2 Å². The van der Waals surface area contributed by atoms with E-state index >= 15 is 0 Å². The summed E-state index contributed by atoms with van der Waals surface area (Å²) in [7, 11) is 0. The third-order valence-electron chi connectivity index (χ3n) is 4.66. The van der Waals surface area contributed by atoms with Gasteiger partial charge in [-0.1, -0.05) is 13.3 Å². The van der Waals surface area contributed by atoms with Crippen LogP contribution in [0.3, 0.4) is 0 Å². The molecule has 0 N–H and O–H groups in total. The summed E-state index contributed by atoms with van der Waals surface area (Å²) in [5.74, 6) is -0.690. The number of unbranched alkanes of at least 4 members (excludes halogenated alkanes) is 1. The Hall–Kier alpha value is -2.21. The molecule has 6 nitrogen and oxygen atoms in total. The van der Waals surface area contributed by atoms with Crippen LogP contribution in [0.4, 0.5) is 0 Å². The molecule has 25 heavy (non-hydrogen) atoms. The number of amides is 3. The molecule has 0 radical (unpaired) electrons. The van der Waals surface area contributed by atoms with Crippen molar-refractivity contribution in [1.82, 2.24) is 9.80 Å². The second kappa shape index (κ2) is 6.96. The van der Waals surface area contributed by atoms with Crippen molar-refractivity contribution in [2.75, 3.05) is 19.6 Å². The van der Waals surface area contributed by atoms with E-state index in [-0.39, 0.29) is 29.9 Å². The number of hydrogen-bond donors (Lipinski definition) is 0. The SMILES string of the molecule is CCCCN1C(=O)c2ccc(C(=O)N3C[C@@H](C)O[C@@H](C)C3)cc2C1=O. The monoisotopic (exact) mass is 344 g/mol. The molecule has 0 aromatic heterocycles. The van der Waals surface area contributed by atoms with Gasteiger partial charge in [0.1, 0.15) is 0 Å². The van der Waals surface area contributed by atoms with E-state index in [1.54, 1.807) is 23.1 Å². The Morgan fingerprint density at radius 1 is 1.12 bits per heavy atom. The predicted octanol–water partition coefficient (Wildman–Crippen LogP) is 2.33. The zero-order chi connectivity index (χ0) is 18.1. The van der Waals surface area contributed by atoms with Crippen LogP contribution in [0.5, 0.6) is 0 Å². The molecule has 0 saturated carbocycles. The maximum atomic E-state index is 12.8. The quantitative estimate of drug-likeness (QED) is 0.786. The zero-order valence-electron chi connectivity index (χ0n) is 14.9. The Bertz CT molecular complexity index is 705. The molecule has 134 valence electrons. The van der Waals surface area contributed by atoms with Crippen molar-refractivity contribution in [2.24, 2.45) is 0 Å². The molecular weight excluding hydrogens is 320 g/mol. The molecule has 2 aliphatic heterocycles. The van der Waals surface area contributed by atoms with Gasteiger partial charge >= 0.3 is 0 Å². The van der Waals surface area contributed by atoms with E-state index in [1.165, 1.54) is 4.90 Å². The highest BCUT2D eigenvalue weighted by atomic mass is 16.5. The summed E-state index contributed by atoms with van der Waals surface area (Å²) in [5.41, 5.74) is 1.17. The first-order chi connectivity index (χ1) is 11.9. The predicted molar refractivity (Wildman–Crippen MR) is 92.6 cm³/mol. The molecule has 3 amide bonds. The van der Waals surface area contributed by atoms with Gasteiger partial charge in [0.05, 0.1) is 23.3 Å². The van der Waals surface area contributed by atoms with Crippen molar-refractivity contribution >= 4 is 17.7 Å². The molecule has 1 fully saturated rings. The fourth-order valence-corrected chi connectivity index (χ4v) is 3.47. The van der Waals surface area contributed by atoms with Gasteiger partial charge in [0.2, 0.25) is 0 Å². The van der Waals surface area contributed by atoms with Crippen molar-refractivity contribution in [1.29, 1.82) is 0 Å². The number of fused-ring (bicyclic) bond motifs is 1. The molecule has 2 atom stereocenters. The molecule has 0 unspecified atom stereocenters. The van der Waals surface area contributed by atoms with E-state index in [0.717, 1.165) is 12.8 Å². The smallest absolute Gasteiger partial charge is 0.261 e. The molecule has 1 aromatic carbocycles. The van der Waals surface area contributed by atoms with Gasteiger partial charge in [-0.25, -0.2) is 0 Å². The summed E-state index contributed by atoms with van der Waals surface area (Å²) in [5, 5.41) is 0. The van der Waals surface area contributed by atoms with Crippen LogP contribution in [0.1, 0.15) is 64.7 Å². The van der Waals surface area contributed by atoms with Gasteiger partial charge in [-0.15, -0.1) is 0 Å². The Balaban J connectivity index is 1.83. The number of carbonyl (C=O) groups is 3. The third-order valence-corrected chi connectivity index (χ3v) is 4.66. The molecule has 1 saturated heterocycles. The van der Waals surface area contributed by atoms with E-state index in [9.17, 15) is 14.4 Å². The van der Waals surface area contributed by atoms with Crippen LogP contribution < -0.4 is 0 Å². The van der Waals surface area contributed by atoms with Crippen LogP contribution in [-0.2, 0) is 4.74 Å². The van der Waals surface area contributed by atoms with Crippen molar-refractivity contribution in [3.63, 3.8) is 0 Å². The van der Waals surface area contributed by atoms with Gasteiger partial charge in [0.15, 0.2) is 0 Å². The van der Waals surface area contributed by atoms with Gasteiger partial charge in [0, 0.05) is 25.2 Å². The van der Waals surface area contributed by atoms with E-state index in [4.69, 9.17) is 4.74 Å². The van der Waals surface area contributed by atoms with Crippen molar-refractivity contribution in [3.05, 3.63) is 34.9 Å². The van der Waals surface area contributed by atoms with E-state index < -0.39 is 0 Å². The van der Waals surface area contributed by atoms with Gasteiger partial charge < -0.3 is 9.64 Å². The lowest BCUT2D eigenvalue weighted by atomic mass is 10.0. The Kier molecular flexibility index (Phi) is 4.90. The van der Waals surface area contributed by atoms with Crippen LogP contribution in [0.2, 0.25) is 0 Å². The number of ether oxygens (including phenoxy) is 1. The first-order valence-corrected chi connectivity index (χ1v) is 8.87. The Morgan fingerprint density at radius 2 is 1.76 bits per heavy atom. The minimum absolute atomic E-state index is 0.0186. The van der Waals surface area contributed by atoms with Gasteiger partial charge in [0.25, 0.3) is 17.7 Å². The standard InChI is InChI=1S/C19H24N2O4/c1-4-5-8-21-18(23)15-7-6-14(9-16(15)19(21)24)17(22)20-10-12(2)25-13(3)11-20/h6-7,9,12-13H,4-5,8,10-11H2,1-3H3/t12-,13+. The fourth-order valence-electron chi connectivity index (χ4n) is 3.47. The lowest BCUT2D eigenvalue weighted by Crippen LogP contribution is -2.48. The highest BCUT2D eigenvalue weighted by molar-refractivity contribution is 6.22. The van der Waals surface area contributed by atoms with Crippen molar-refractivity contribution in [3.8, 4) is 0 Å². The summed E-state index contributed by atoms with van der Waals surface area (Å²) in [6.07, 6.45) is 1.65. The number of rotatable bonds is 4. The van der Waals surface area contributed by atoms with Crippen molar-refractivity contribution in [2.45, 2.75) is 45.8 Å². The Morgan fingerprint density at radius 3 is 2.40 bits per heavy atom. The van der Waals surface area contributed by atoms with Crippen LogP contribution in [0.25, 0.3) is 0 Å².